The number of carbonyl (C=O) groups excluding carboxylic acids is 1. The van der Waals surface area contributed by atoms with Crippen LogP contribution in [-0.2, 0) is 9.53 Å². The first-order chi connectivity index (χ1) is 9.72. The molecule has 0 saturated carbocycles. The number of thioether (sulfide) groups is 1. The summed E-state index contributed by atoms with van der Waals surface area (Å²) in [5.74, 6) is -0.141. The molecule has 3 rings (SSSR count). The Morgan fingerprint density at radius 2 is 2.15 bits per heavy atom. The highest BCUT2D eigenvalue weighted by Crippen LogP contribution is 2.30. The maximum absolute atomic E-state index is 12.0. The molecule has 104 valence electrons. The van der Waals surface area contributed by atoms with Crippen molar-refractivity contribution in [2.24, 2.45) is 4.99 Å². The minimum Gasteiger partial charge on any atom is -0.378 e. The number of nitrogens with zero attached hydrogens (tertiary/aromatic N) is 2. The van der Waals surface area contributed by atoms with Gasteiger partial charge in [0, 0.05) is 13.1 Å². The van der Waals surface area contributed by atoms with E-state index in [1.165, 1.54) is 17.3 Å². The third-order valence-corrected chi connectivity index (χ3v) is 4.28. The van der Waals surface area contributed by atoms with Crippen LogP contribution in [0.4, 0.5) is 0 Å². The van der Waals surface area contributed by atoms with Gasteiger partial charge >= 0.3 is 0 Å². The summed E-state index contributed by atoms with van der Waals surface area (Å²) >= 11 is 1.46. The molecule has 2 aliphatic heterocycles. The van der Waals surface area contributed by atoms with Crippen LogP contribution in [0.3, 0.4) is 0 Å². The summed E-state index contributed by atoms with van der Waals surface area (Å²) in [6.07, 6.45) is 1.91. The van der Waals surface area contributed by atoms with E-state index in [1.807, 2.05) is 31.2 Å². The summed E-state index contributed by atoms with van der Waals surface area (Å²) in [6, 6.07) is 8.10. The van der Waals surface area contributed by atoms with Gasteiger partial charge in [-0.3, -0.25) is 4.79 Å². The molecule has 20 heavy (non-hydrogen) atoms. The lowest BCUT2D eigenvalue weighted by Gasteiger charge is -2.27. The first-order valence-electron chi connectivity index (χ1n) is 6.64. The molecule has 1 amide bonds. The number of ether oxygens (including phenoxy) is 1. The molecule has 1 aromatic carbocycles. The average molecular weight is 288 g/mol. The summed E-state index contributed by atoms with van der Waals surface area (Å²) in [6.45, 7) is 5.05. The van der Waals surface area contributed by atoms with Crippen molar-refractivity contribution < 1.29 is 9.53 Å². The lowest BCUT2D eigenvalue weighted by Crippen LogP contribution is -2.38. The maximum Gasteiger partial charge on any atom is 0.286 e. The zero-order chi connectivity index (χ0) is 13.9. The molecule has 0 unspecified atom stereocenters. The quantitative estimate of drug-likeness (QED) is 0.744. The molecular formula is C15H16N2O2S. The summed E-state index contributed by atoms with van der Waals surface area (Å²) in [7, 11) is 0. The van der Waals surface area contributed by atoms with Crippen molar-refractivity contribution in [3.8, 4) is 0 Å². The highest BCUT2D eigenvalue weighted by molar-refractivity contribution is 8.18. The van der Waals surface area contributed by atoms with Crippen molar-refractivity contribution in [1.29, 1.82) is 0 Å². The van der Waals surface area contributed by atoms with Gasteiger partial charge in [-0.15, -0.1) is 0 Å². The zero-order valence-corrected chi connectivity index (χ0v) is 12.2. The Bertz CT molecular complexity index is 589. The highest BCUT2D eigenvalue weighted by Gasteiger charge is 2.26. The van der Waals surface area contributed by atoms with Gasteiger partial charge in [0.15, 0.2) is 5.17 Å². The molecule has 2 aliphatic rings. The van der Waals surface area contributed by atoms with Crippen LogP contribution >= 0.6 is 11.8 Å². The lowest BCUT2D eigenvalue weighted by molar-refractivity contribution is -0.113. The second-order valence-corrected chi connectivity index (χ2v) is 5.83. The van der Waals surface area contributed by atoms with Crippen LogP contribution in [0.15, 0.2) is 34.2 Å². The second-order valence-electron chi connectivity index (χ2n) is 4.82. The van der Waals surface area contributed by atoms with E-state index in [9.17, 15) is 4.79 Å². The third-order valence-electron chi connectivity index (χ3n) is 3.23. The van der Waals surface area contributed by atoms with E-state index in [2.05, 4.69) is 16.0 Å². The van der Waals surface area contributed by atoms with Crippen LogP contribution in [0.1, 0.15) is 11.1 Å². The predicted octanol–water partition coefficient (Wildman–Crippen LogP) is 2.30. The smallest absolute Gasteiger partial charge is 0.286 e. The fraction of sp³-hybridized carbons (Fsp3) is 0.333. The number of amidine groups is 1. The molecule has 0 atom stereocenters. The van der Waals surface area contributed by atoms with E-state index in [0.717, 1.165) is 23.8 Å². The molecule has 4 nitrogen and oxygen atoms in total. The summed E-state index contributed by atoms with van der Waals surface area (Å²) < 4.78 is 5.32. The van der Waals surface area contributed by atoms with Crippen molar-refractivity contribution in [1.82, 2.24) is 4.90 Å². The van der Waals surface area contributed by atoms with Gasteiger partial charge in [0.1, 0.15) is 0 Å². The Morgan fingerprint density at radius 1 is 1.35 bits per heavy atom. The summed E-state index contributed by atoms with van der Waals surface area (Å²) in [5.41, 5.74) is 2.23. The first-order valence-corrected chi connectivity index (χ1v) is 7.46. The summed E-state index contributed by atoms with van der Waals surface area (Å²) in [5, 5.41) is 0.803. The molecule has 0 spiro atoms. The first kappa shape index (κ1) is 13.4. The monoisotopic (exact) mass is 288 g/mol. The zero-order valence-electron chi connectivity index (χ0n) is 11.3. The molecule has 0 aromatic heterocycles. The van der Waals surface area contributed by atoms with Crippen LogP contribution in [0, 0.1) is 6.92 Å². The van der Waals surface area contributed by atoms with Crippen LogP contribution in [-0.4, -0.2) is 42.3 Å². The Balaban J connectivity index is 1.76. The predicted molar refractivity (Wildman–Crippen MR) is 81.6 cm³/mol. The molecule has 1 fully saturated rings. The van der Waals surface area contributed by atoms with Gasteiger partial charge in [0.05, 0.1) is 18.1 Å². The van der Waals surface area contributed by atoms with Gasteiger partial charge < -0.3 is 9.64 Å². The van der Waals surface area contributed by atoms with E-state index in [-0.39, 0.29) is 5.91 Å². The van der Waals surface area contributed by atoms with Crippen LogP contribution in [0.2, 0.25) is 0 Å². The van der Waals surface area contributed by atoms with E-state index in [4.69, 9.17) is 4.74 Å². The Labute approximate surface area is 122 Å². The number of aryl methyl sites for hydroxylation is 1. The Morgan fingerprint density at radius 3 is 2.90 bits per heavy atom. The van der Waals surface area contributed by atoms with Gasteiger partial charge in [-0.1, -0.05) is 29.8 Å². The van der Waals surface area contributed by atoms with Crippen LogP contribution in [0.5, 0.6) is 0 Å². The molecule has 1 aromatic rings. The van der Waals surface area contributed by atoms with Crippen molar-refractivity contribution in [2.45, 2.75) is 6.92 Å². The van der Waals surface area contributed by atoms with Gasteiger partial charge in [-0.2, -0.15) is 4.99 Å². The maximum atomic E-state index is 12.0. The number of hydrogen-bond acceptors (Lipinski definition) is 4. The fourth-order valence-electron chi connectivity index (χ4n) is 2.20. The molecule has 0 bridgehead atoms. The van der Waals surface area contributed by atoms with Crippen LogP contribution in [0.25, 0.3) is 6.08 Å². The molecule has 0 radical (unpaired) electrons. The van der Waals surface area contributed by atoms with Crippen molar-refractivity contribution >= 4 is 28.9 Å². The molecule has 0 N–H and O–H groups in total. The molecule has 2 heterocycles. The fourth-order valence-corrected chi connectivity index (χ4v) is 3.16. The summed E-state index contributed by atoms with van der Waals surface area (Å²) in [4.78, 5) is 18.9. The van der Waals surface area contributed by atoms with E-state index in [1.54, 1.807) is 0 Å². The van der Waals surface area contributed by atoms with Gasteiger partial charge in [0.25, 0.3) is 5.91 Å². The number of carbonyl (C=O) groups is 1. The average Bonchev–Trinajstić information content (AvgIpc) is 2.81. The van der Waals surface area contributed by atoms with E-state index >= 15 is 0 Å². The molecule has 0 aliphatic carbocycles. The van der Waals surface area contributed by atoms with E-state index in [0.29, 0.717) is 18.1 Å². The minimum absolute atomic E-state index is 0.141. The number of amides is 1. The topological polar surface area (TPSA) is 41.9 Å². The standard InChI is InChI=1S/C15H16N2O2S/c1-11-3-2-4-12(9-11)10-13-14(18)16-15(20-13)17-5-7-19-8-6-17/h2-4,9-10H,5-8H2,1H3/b13-10+. The van der Waals surface area contributed by atoms with Gasteiger partial charge in [0.2, 0.25) is 0 Å². The lowest BCUT2D eigenvalue weighted by atomic mass is 10.1. The number of benzene rings is 1. The number of hydrogen-bond donors (Lipinski definition) is 0. The normalized spacial score (nSPS) is 21.4. The highest BCUT2D eigenvalue weighted by atomic mass is 32.2. The Hall–Kier alpha value is -1.59. The minimum atomic E-state index is -0.141. The Kier molecular flexibility index (Phi) is 3.89. The van der Waals surface area contributed by atoms with Crippen molar-refractivity contribution in [2.75, 3.05) is 26.3 Å². The number of morpholine rings is 1. The largest absolute Gasteiger partial charge is 0.378 e. The molecule has 5 heteroatoms. The SMILES string of the molecule is Cc1cccc(/C=C2/SC(N3CCOCC3)=NC2=O)c1. The van der Waals surface area contributed by atoms with Crippen molar-refractivity contribution in [3.05, 3.63) is 40.3 Å². The van der Waals surface area contributed by atoms with Crippen LogP contribution < -0.4 is 0 Å². The van der Waals surface area contributed by atoms with Crippen molar-refractivity contribution in [3.63, 3.8) is 0 Å². The molecular weight excluding hydrogens is 272 g/mol. The van der Waals surface area contributed by atoms with Gasteiger partial charge in [-0.25, -0.2) is 0 Å². The number of aliphatic imine (C=N–C) groups is 1. The second kappa shape index (κ2) is 5.81. The third kappa shape index (κ3) is 2.94. The van der Waals surface area contributed by atoms with E-state index < -0.39 is 0 Å². The number of rotatable bonds is 1. The van der Waals surface area contributed by atoms with Gasteiger partial charge in [-0.05, 0) is 30.3 Å². The molecule has 1 saturated heterocycles.